The molecule has 2 aromatic rings. The highest BCUT2D eigenvalue weighted by atomic mass is 14.9. The third-order valence-corrected chi connectivity index (χ3v) is 2.15. The van der Waals surface area contributed by atoms with Gasteiger partial charge in [0.25, 0.3) is 0 Å². The summed E-state index contributed by atoms with van der Waals surface area (Å²) in [6.07, 6.45) is 5.38. The number of aromatic amines is 1. The topological polar surface area (TPSA) is 53.6 Å². The Bertz CT molecular complexity index is 391. The van der Waals surface area contributed by atoms with E-state index in [1.54, 1.807) is 6.33 Å². The van der Waals surface area contributed by atoms with E-state index in [1.807, 2.05) is 25.4 Å². The van der Waals surface area contributed by atoms with Crippen molar-refractivity contribution in [2.45, 2.75) is 20.0 Å². The maximum atomic E-state index is 4.31. The molecule has 0 unspecified atom stereocenters. The molecule has 0 spiro atoms. The Kier molecular flexibility index (Phi) is 3.09. The van der Waals surface area contributed by atoms with E-state index in [9.17, 15) is 0 Å². The van der Waals surface area contributed by atoms with E-state index in [0.29, 0.717) is 0 Å². The van der Waals surface area contributed by atoms with Crippen LogP contribution >= 0.6 is 0 Å². The van der Waals surface area contributed by atoms with E-state index in [4.69, 9.17) is 0 Å². The lowest BCUT2D eigenvalue weighted by molar-refractivity contribution is 0.669. The van der Waals surface area contributed by atoms with E-state index in [2.05, 4.69) is 26.3 Å². The van der Waals surface area contributed by atoms with Crippen molar-refractivity contribution in [3.63, 3.8) is 0 Å². The zero-order valence-corrected chi connectivity index (χ0v) is 8.70. The van der Waals surface area contributed by atoms with E-state index < -0.39 is 0 Å². The highest BCUT2D eigenvalue weighted by Gasteiger charge is 1.95. The van der Waals surface area contributed by atoms with Crippen molar-refractivity contribution in [1.82, 2.24) is 20.3 Å². The summed E-state index contributed by atoms with van der Waals surface area (Å²) < 4.78 is 0. The number of rotatable bonds is 4. The molecule has 0 aliphatic carbocycles. The average molecular weight is 202 g/mol. The summed E-state index contributed by atoms with van der Waals surface area (Å²) in [6, 6.07) is 4.11. The molecule has 0 saturated heterocycles. The summed E-state index contributed by atoms with van der Waals surface area (Å²) in [4.78, 5) is 11.3. The Hall–Kier alpha value is -1.68. The van der Waals surface area contributed by atoms with Gasteiger partial charge in [-0.15, -0.1) is 0 Å². The predicted molar refractivity (Wildman–Crippen MR) is 58.1 cm³/mol. The Labute approximate surface area is 88.8 Å². The van der Waals surface area contributed by atoms with E-state index in [-0.39, 0.29) is 0 Å². The fourth-order valence-electron chi connectivity index (χ4n) is 1.31. The lowest BCUT2D eigenvalue weighted by Gasteiger charge is -2.02. The van der Waals surface area contributed by atoms with Gasteiger partial charge < -0.3 is 10.3 Å². The van der Waals surface area contributed by atoms with E-state index in [1.165, 1.54) is 5.56 Å². The van der Waals surface area contributed by atoms with Gasteiger partial charge in [-0.1, -0.05) is 6.07 Å². The maximum Gasteiger partial charge on any atom is 0.0922 e. The first kappa shape index (κ1) is 9.86. The first-order valence-electron chi connectivity index (χ1n) is 4.94. The normalized spacial score (nSPS) is 10.5. The highest BCUT2D eigenvalue weighted by Crippen LogP contribution is 1.98. The van der Waals surface area contributed by atoms with Gasteiger partial charge in [0, 0.05) is 31.2 Å². The largest absolute Gasteiger partial charge is 0.347 e. The standard InChI is InChI=1S/C11H14N4/c1-9-2-3-10(14-4-9)5-12-6-11-7-13-8-15-11/h2-4,7-8,12H,5-6H2,1H3,(H,13,15). The van der Waals surface area contributed by atoms with Crippen LogP contribution in [-0.2, 0) is 13.1 Å². The van der Waals surface area contributed by atoms with Crippen LogP contribution < -0.4 is 5.32 Å². The van der Waals surface area contributed by atoms with Crippen LogP contribution in [0.5, 0.6) is 0 Å². The van der Waals surface area contributed by atoms with Crippen LogP contribution in [0.15, 0.2) is 30.9 Å². The summed E-state index contributed by atoms with van der Waals surface area (Å²) in [6.45, 7) is 3.60. The van der Waals surface area contributed by atoms with Crippen LogP contribution in [0, 0.1) is 6.92 Å². The number of nitrogens with one attached hydrogen (secondary N) is 2. The van der Waals surface area contributed by atoms with Crippen molar-refractivity contribution in [3.05, 3.63) is 47.8 Å². The molecule has 0 saturated carbocycles. The van der Waals surface area contributed by atoms with Gasteiger partial charge in [0.15, 0.2) is 0 Å². The van der Waals surface area contributed by atoms with Crippen LogP contribution in [0.25, 0.3) is 0 Å². The number of hydrogen-bond acceptors (Lipinski definition) is 3. The molecule has 0 fully saturated rings. The van der Waals surface area contributed by atoms with Gasteiger partial charge in [0.1, 0.15) is 0 Å². The second-order valence-electron chi connectivity index (χ2n) is 3.51. The second-order valence-corrected chi connectivity index (χ2v) is 3.51. The van der Waals surface area contributed by atoms with Crippen LogP contribution in [0.3, 0.4) is 0 Å². The number of nitrogens with zero attached hydrogens (tertiary/aromatic N) is 2. The lowest BCUT2D eigenvalue weighted by Crippen LogP contribution is -2.13. The summed E-state index contributed by atoms with van der Waals surface area (Å²) in [5, 5.41) is 3.29. The minimum Gasteiger partial charge on any atom is -0.347 e. The molecular weight excluding hydrogens is 188 g/mol. The monoisotopic (exact) mass is 202 g/mol. The van der Waals surface area contributed by atoms with Gasteiger partial charge in [-0.25, -0.2) is 4.98 Å². The molecule has 4 heteroatoms. The zero-order chi connectivity index (χ0) is 10.5. The zero-order valence-electron chi connectivity index (χ0n) is 8.70. The summed E-state index contributed by atoms with van der Waals surface area (Å²) in [5.74, 6) is 0. The van der Waals surface area contributed by atoms with Crippen molar-refractivity contribution < 1.29 is 0 Å². The molecule has 0 bridgehead atoms. The van der Waals surface area contributed by atoms with Crippen molar-refractivity contribution in [2.24, 2.45) is 0 Å². The number of aryl methyl sites for hydroxylation is 1. The molecule has 0 aliphatic heterocycles. The fraction of sp³-hybridized carbons (Fsp3) is 0.273. The van der Waals surface area contributed by atoms with Crippen molar-refractivity contribution in [2.75, 3.05) is 0 Å². The molecule has 2 rings (SSSR count). The summed E-state index contributed by atoms with van der Waals surface area (Å²) >= 11 is 0. The van der Waals surface area contributed by atoms with Crippen LogP contribution in [0.4, 0.5) is 0 Å². The van der Waals surface area contributed by atoms with Crippen molar-refractivity contribution >= 4 is 0 Å². The number of H-pyrrole nitrogens is 1. The Morgan fingerprint density at radius 3 is 2.87 bits per heavy atom. The van der Waals surface area contributed by atoms with Gasteiger partial charge in [-0.2, -0.15) is 0 Å². The number of imidazole rings is 1. The highest BCUT2D eigenvalue weighted by molar-refractivity contribution is 5.12. The molecule has 2 N–H and O–H groups in total. The Morgan fingerprint density at radius 2 is 2.20 bits per heavy atom. The Morgan fingerprint density at radius 1 is 1.27 bits per heavy atom. The third-order valence-electron chi connectivity index (χ3n) is 2.15. The van der Waals surface area contributed by atoms with E-state index in [0.717, 1.165) is 24.5 Å². The molecule has 0 aliphatic rings. The molecule has 0 radical (unpaired) electrons. The van der Waals surface area contributed by atoms with Gasteiger partial charge in [-0.05, 0) is 18.6 Å². The maximum absolute atomic E-state index is 4.31. The predicted octanol–water partition coefficient (Wildman–Crippen LogP) is 1.40. The molecule has 0 aromatic carbocycles. The first-order chi connectivity index (χ1) is 7.34. The minimum atomic E-state index is 0.777. The van der Waals surface area contributed by atoms with Crippen LogP contribution in [0.1, 0.15) is 17.0 Å². The smallest absolute Gasteiger partial charge is 0.0922 e. The molecule has 15 heavy (non-hydrogen) atoms. The molecular formula is C11H14N4. The van der Waals surface area contributed by atoms with Gasteiger partial charge in [-0.3, -0.25) is 4.98 Å². The quantitative estimate of drug-likeness (QED) is 0.788. The molecule has 0 amide bonds. The fourth-order valence-corrected chi connectivity index (χ4v) is 1.31. The second kappa shape index (κ2) is 4.70. The van der Waals surface area contributed by atoms with E-state index >= 15 is 0 Å². The van der Waals surface area contributed by atoms with Gasteiger partial charge in [0.05, 0.1) is 12.0 Å². The molecule has 0 atom stereocenters. The third kappa shape index (κ3) is 2.89. The summed E-state index contributed by atoms with van der Waals surface area (Å²) in [5.41, 5.74) is 3.33. The van der Waals surface area contributed by atoms with Crippen molar-refractivity contribution in [1.29, 1.82) is 0 Å². The lowest BCUT2D eigenvalue weighted by atomic mass is 10.3. The molecule has 2 heterocycles. The minimum absolute atomic E-state index is 0.777. The average Bonchev–Trinajstić information content (AvgIpc) is 2.74. The van der Waals surface area contributed by atoms with Gasteiger partial charge >= 0.3 is 0 Å². The number of pyridine rings is 1. The van der Waals surface area contributed by atoms with Gasteiger partial charge in [0.2, 0.25) is 0 Å². The first-order valence-corrected chi connectivity index (χ1v) is 4.94. The van der Waals surface area contributed by atoms with Crippen LogP contribution in [-0.4, -0.2) is 15.0 Å². The van der Waals surface area contributed by atoms with Crippen LogP contribution in [0.2, 0.25) is 0 Å². The Balaban J connectivity index is 1.81. The number of hydrogen-bond donors (Lipinski definition) is 2. The molecule has 4 nitrogen and oxygen atoms in total. The van der Waals surface area contributed by atoms with Crippen molar-refractivity contribution in [3.8, 4) is 0 Å². The molecule has 78 valence electrons. The molecule has 2 aromatic heterocycles. The summed E-state index contributed by atoms with van der Waals surface area (Å²) in [7, 11) is 0. The number of aromatic nitrogens is 3. The SMILES string of the molecule is Cc1ccc(CNCc2cnc[nH]2)nc1.